The highest BCUT2D eigenvalue weighted by molar-refractivity contribution is 7.21. The summed E-state index contributed by atoms with van der Waals surface area (Å²) in [6.07, 6.45) is 5.97. The van der Waals surface area contributed by atoms with E-state index < -0.39 is 24.5 Å². The maximum absolute atomic E-state index is 13.0. The Balaban J connectivity index is 1.31. The summed E-state index contributed by atoms with van der Waals surface area (Å²) < 4.78 is 11.4. The number of aromatic nitrogens is 1. The number of nitrogens with one attached hydrogen (secondary N) is 1. The van der Waals surface area contributed by atoms with Crippen LogP contribution in [-0.2, 0) is 27.1 Å². The van der Waals surface area contributed by atoms with Gasteiger partial charge < -0.3 is 14.8 Å². The molecule has 0 unspecified atom stereocenters. The van der Waals surface area contributed by atoms with Crippen LogP contribution in [0.15, 0.2) is 48.5 Å². The normalized spacial score (nSPS) is 13.3. The standard InChI is InChI=1S/C28H26N2O5S2/c1-34-28(33)24-19-12-4-2-3-5-14-21(19)36-26(24)30-23(31)16-35-27(32)18-11-7-6-10-17(18)25-29-20-13-8-9-15-22(20)37-25/h6-11,13,15H,2-5,12,14,16H2,1H3,(H,30,31). The van der Waals surface area contributed by atoms with E-state index in [4.69, 9.17) is 9.47 Å². The fourth-order valence-electron chi connectivity index (χ4n) is 4.53. The molecule has 37 heavy (non-hydrogen) atoms. The van der Waals surface area contributed by atoms with Crippen molar-refractivity contribution >= 4 is 55.7 Å². The topological polar surface area (TPSA) is 94.6 Å². The molecule has 5 rings (SSSR count). The van der Waals surface area contributed by atoms with Crippen molar-refractivity contribution in [2.45, 2.75) is 38.5 Å². The van der Waals surface area contributed by atoms with Crippen molar-refractivity contribution in [3.8, 4) is 10.6 Å². The lowest BCUT2D eigenvalue weighted by Gasteiger charge is -2.11. The minimum Gasteiger partial charge on any atom is -0.465 e. The molecule has 0 bridgehead atoms. The van der Waals surface area contributed by atoms with Crippen LogP contribution in [0.5, 0.6) is 0 Å². The summed E-state index contributed by atoms with van der Waals surface area (Å²) in [5, 5.41) is 3.94. The number of rotatable bonds is 6. The summed E-state index contributed by atoms with van der Waals surface area (Å²) in [5.74, 6) is -1.59. The smallest absolute Gasteiger partial charge is 0.341 e. The van der Waals surface area contributed by atoms with Crippen molar-refractivity contribution in [1.82, 2.24) is 4.98 Å². The van der Waals surface area contributed by atoms with E-state index >= 15 is 0 Å². The van der Waals surface area contributed by atoms with Crippen LogP contribution in [0.4, 0.5) is 5.00 Å². The number of amides is 1. The quantitative estimate of drug-likeness (QED) is 0.293. The van der Waals surface area contributed by atoms with E-state index in [-0.39, 0.29) is 0 Å². The number of ether oxygens (including phenoxy) is 2. The Hall–Kier alpha value is -3.56. The van der Waals surface area contributed by atoms with E-state index in [1.807, 2.05) is 36.4 Å². The lowest BCUT2D eigenvalue weighted by molar-refractivity contribution is -0.119. The average Bonchev–Trinajstić information content (AvgIpc) is 3.48. The van der Waals surface area contributed by atoms with E-state index in [1.54, 1.807) is 12.1 Å². The number of para-hydroxylation sites is 1. The highest BCUT2D eigenvalue weighted by Gasteiger charge is 2.26. The van der Waals surface area contributed by atoms with Gasteiger partial charge in [-0.15, -0.1) is 22.7 Å². The SMILES string of the molecule is COC(=O)c1c(NC(=O)COC(=O)c2ccccc2-c2nc3ccccc3s2)sc2c1CCCCCC2. The Morgan fingerprint density at radius 3 is 2.49 bits per heavy atom. The number of aryl methyl sites for hydroxylation is 1. The molecule has 1 amide bonds. The number of carbonyl (C=O) groups is 3. The number of hydrogen-bond acceptors (Lipinski definition) is 8. The third kappa shape index (κ3) is 5.42. The van der Waals surface area contributed by atoms with Gasteiger partial charge in [-0.2, -0.15) is 0 Å². The number of hydrogen-bond donors (Lipinski definition) is 1. The molecular weight excluding hydrogens is 508 g/mol. The Morgan fingerprint density at radius 2 is 1.68 bits per heavy atom. The third-order valence-electron chi connectivity index (χ3n) is 6.32. The van der Waals surface area contributed by atoms with E-state index in [0.29, 0.717) is 26.7 Å². The van der Waals surface area contributed by atoms with E-state index in [2.05, 4.69) is 10.3 Å². The molecule has 1 aliphatic rings. The zero-order valence-corrected chi connectivity index (χ0v) is 22.0. The number of nitrogens with zero attached hydrogens (tertiary/aromatic N) is 1. The molecule has 7 nitrogen and oxygen atoms in total. The Bertz CT molecular complexity index is 1440. The van der Waals surface area contributed by atoms with Crippen LogP contribution in [0.2, 0.25) is 0 Å². The number of anilines is 1. The van der Waals surface area contributed by atoms with Crippen LogP contribution in [0.1, 0.15) is 56.8 Å². The molecule has 2 aromatic carbocycles. The van der Waals surface area contributed by atoms with Crippen LogP contribution in [0, 0.1) is 0 Å². The fourth-order valence-corrected chi connectivity index (χ4v) is 6.83. The molecule has 0 aliphatic heterocycles. The van der Waals surface area contributed by atoms with Crippen LogP contribution in [-0.4, -0.2) is 36.5 Å². The molecule has 0 saturated carbocycles. The second-order valence-electron chi connectivity index (χ2n) is 8.77. The van der Waals surface area contributed by atoms with Gasteiger partial charge in [-0.25, -0.2) is 14.6 Å². The molecular formula is C28H26N2O5S2. The van der Waals surface area contributed by atoms with Crippen molar-refractivity contribution in [2.75, 3.05) is 19.0 Å². The molecule has 1 aliphatic carbocycles. The predicted octanol–water partition coefficient (Wildman–Crippen LogP) is 6.27. The van der Waals surface area contributed by atoms with E-state index in [9.17, 15) is 14.4 Å². The number of benzene rings is 2. The minimum absolute atomic E-state index is 0.337. The second kappa shape index (κ2) is 11.2. The summed E-state index contributed by atoms with van der Waals surface area (Å²) in [6.45, 7) is -0.476. The molecule has 0 atom stereocenters. The van der Waals surface area contributed by atoms with Gasteiger partial charge in [0.1, 0.15) is 10.0 Å². The van der Waals surface area contributed by atoms with Gasteiger partial charge in [0.05, 0.1) is 28.5 Å². The van der Waals surface area contributed by atoms with Crippen LogP contribution >= 0.6 is 22.7 Å². The second-order valence-corrected chi connectivity index (χ2v) is 10.9. The summed E-state index contributed by atoms with van der Waals surface area (Å²) >= 11 is 2.90. The number of methoxy groups -OCH3 is 1. The number of thiazole rings is 1. The molecule has 0 saturated heterocycles. The molecule has 0 spiro atoms. The van der Waals surface area contributed by atoms with Crippen molar-refractivity contribution in [3.63, 3.8) is 0 Å². The van der Waals surface area contributed by atoms with Gasteiger partial charge in [0, 0.05) is 10.4 Å². The highest BCUT2D eigenvalue weighted by Crippen LogP contribution is 2.37. The van der Waals surface area contributed by atoms with Crippen molar-refractivity contribution in [1.29, 1.82) is 0 Å². The number of carbonyl (C=O) groups excluding carboxylic acids is 3. The summed E-state index contributed by atoms with van der Waals surface area (Å²) in [5.41, 5.74) is 3.24. The predicted molar refractivity (Wildman–Crippen MR) is 146 cm³/mol. The average molecular weight is 535 g/mol. The largest absolute Gasteiger partial charge is 0.465 e. The molecule has 0 fully saturated rings. The van der Waals surface area contributed by atoms with Crippen LogP contribution in [0.3, 0.4) is 0 Å². The van der Waals surface area contributed by atoms with Crippen LogP contribution < -0.4 is 5.32 Å². The summed E-state index contributed by atoms with van der Waals surface area (Å²) in [4.78, 5) is 44.1. The van der Waals surface area contributed by atoms with Gasteiger partial charge in [-0.1, -0.05) is 43.2 Å². The van der Waals surface area contributed by atoms with Gasteiger partial charge in [-0.05, 0) is 49.4 Å². The molecule has 2 aromatic heterocycles. The van der Waals surface area contributed by atoms with Crippen LogP contribution in [0.25, 0.3) is 20.8 Å². The van der Waals surface area contributed by atoms with Gasteiger partial charge in [0.25, 0.3) is 5.91 Å². The molecule has 190 valence electrons. The minimum atomic E-state index is -0.614. The highest BCUT2D eigenvalue weighted by atomic mass is 32.1. The first-order valence-electron chi connectivity index (χ1n) is 12.2. The number of esters is 2. The molecule has 1 N–H and O–H groups in total. The summed E-state index contributed by atoms with van der Waals surface area (Å²) in [7, 11) is 1.34. The van der Waals surface area contributed by atoms with Crippen molar-refractivity contribution in [3.05, 3.63) is 70.1 Å². The van der Waals surface area contributed by atoms with Crippen molar-refractivity contribution < 1.29 is 23.9 Å². The Labute approximate surface area is 222 Å². The maximum Gasteiger partial charge on any atom is 0.341 e. The maximum atomic E-state index is 13.0. The van der Waals surface area contributed by atoms with Gasteiger partial charge in [-0.3, -0.25) is 4.79 Å². The van der Waals surface area contributed by atoms with E-state index in [1.165, 1.54) is 29.8 Å². The van der Waals surface area contributed by atoms with Gasteiger partial charge in [0.15, 0.2) is 6.61 Å². The fraction of sp³-hybridized carbons (Fsp3) is 0.286. The monoisotopic (exact) mass is 534 g/mol. The Kier molecular flexibility index (Phi) is 7.62. The first-order valence-corrected chi connectivity index (χ1v) is 13.8. The first kappa shape index (κ1) is 25.1. The molecule has 2 heterocycles. The van der Waals surface area contributed by atoms with E-state index in [0.717, 1.165) is 59.2 Å². The molecule has 0 radical (unpaired) electrons. The Morgan fingerprint density at radius 1 is 0.919 bits per heavy atom. The van der Waals surface area contributed by atoms with Gasteiger partial charge in [0.2, 0.25) is 0 Å². The molecule has 9 heteroatoms. The zero-order valence-electron chi connectivity index (χ0n) is 20.4. The first-order chi connectivity index (χ1) is 18.0. The lowest BCUT2D eigenvalue weighted by atomic mass is 9.96. The third-order valence-corrected chi connectivity index (χ3v) is 8.60. The summed E-state index contributed by atoms with van der Waals surface area (Å²) in [6, 6.07) is 14.8. The van der Waals surface area contributed by atoms with Crippen molar-refractivity contribution in [2.24, 2.45) is 0 Å². The lowest BCUT2D eigenvalue weighted by Crippen LogP contribution is -2.22. The number of thiophene rings is 1. The van der Waals surface area contributed by atoms with Gasteiger partial charge >= 0.3 is 11.9 Å². The molecule has 4 aromatic rings. The number of fused-ring (bicyclic) bond motifs is 2. The zero-order chi connectivity index (χ0) is 25.8.